The molecule has 6 heteroatoms. The summed E-state index contributed by atoms with van der Waals surface area (Å²) in [7, 11) is 0. The lowest BCUT2D eigenvalue weighted by molar-refractivity contribution is -0.149. The molecule has 2 atom stereocenters. The van der Waals surface area contributed by atoms with Gasteiger partial charge in [0.05, 0.1) is 0 Å². The quantitative estimate of drug-likeness (QED) is 0.651. The molecule has 0 bridgehead atoms. The van der Waals surface area contributed by atoms with Gasteiger partial charge in [-0.15, -0.1) is 0 Å². The lowest BCUT2D eigenvalue weighted by Gasteiger charge is -2.43. The number of carbonyl (C=O) groups is 3. The number of aryl methyl sites for hydroxylation is 1. The van der Waals surface area contributed by atoms with Gasteiger partial charge in [-0.1, -0.05) is 50.6 Å². The molecular weight excluding hydrogens is 344 g/mol. The molecule has 0 radical (unpaired) electrons. The van der Waals surface area contributed by atoms with Gasteiger partial charge in [-0.25, -0.2) is 4.79 Å². The van der Waals surface area contributed by atoms with Crippen molar-refractivity contribution in [1.29, 1.82) is 0 Å². The minimum atomic E-state index is -0.893. The molecule has 1 saturated heterocycles. The molecule has 146 valence electrons. The first-order chi connectivity index (χ1) is 12.6. The van der Waals surface area contributed by atoms with Crippen LogP contribution < -0.4 is 5.32 Å². The molecule has 3 amide bonds. The van der Waals surface area contributed by atoms with Gasteiger partial charge in [0.15, 0.2) is 0 Å². The molecule has 1 heterocycles. The fourth-order valence-corrected chi connectivity index (χ4v) is 4.67. The summed E-state index contributed by atoms with van der Waals surface area (Å²) in [5, 5.41) is 2.87. The van der Waals surface area contributed by atoms with E-state index in [0.29, 0.717) is 18.8 Å². The van der Waals surface area contributed by atoms with E-state index >= 15 is 0 Å². The lowest BCUT2D eigenvalue weighted by atomic mass is 9.64. The maximum Gasteiger partial charge on any atom is 0.326 e. The van der Waals surface area contributed by atoms with Gasteiger partial charge in [-0.05, 0) is 43.1 Å². The number of ether oxygens (including phenoxy) is 1. The highest BCUT2D eigenvalue weighted by atomic mass is 16.5. The number of amides is 3. The highest BCUT2D eigenvalue weighted by molar-refractivity contribution is 6.08. The zero-order valence-corrected chi connectivity index (χ0v) is 16.5. The van der Waals surface area contributed by atoms with E-state index in [9.17, 15) is 14.4 Å². The van der Waals surface area contributed by atoms with Crippen molar-refractivity contribution >= 4 is 17.9 Å². The van der Waals surface area contributed by atoms with Crippen LogP contribution in [0.5, 0.6) is 0 Å². The largest absolute Gasteiger partial charge is 0.459 e. The van der Waals surface area contributed by atoms with Gasteiger partial charge in [0.25, 0.3) is 5.91 Å². The maximum absolute atomic E-state index is 13.0. The number of esters is 1. The Hall–Kier alpha value is -2.37. The minimum absolute atomic E-state index is 0.0391. The molecule has 2 fully saturated rings. The molecule has 0 aromatic heterocycles. The van der Waals surface area contributed by atoms with Gasteiger partial charge in [0, 0.05) is 0 Å². The first kappa shape index (κ1) is 19.4. The van der Waals surface area contributed by atoms with Crippen LogP contribution in [0.4, 0.5) is 4.79 Å². The van der Waals surface area contributed by atoms with E-state index in [1.807, 2.05) is 31.2 Å². The van der Waals surface area contributed by atoms with Crippen LogP contribution in [0.25, 0.3) is 0 Å². The van der Waals surface area contributed by atoms with Crippen LogP contribution in [0.3, 0.4) is 0 Å². The number of hydrogen-bond acceptors (Lipinski definition) is 4. The molecule has 3 rings (SSSR count). The molecule has 1 aromatic rings. The van der Waals surface area contributed by atoms with Crippen molar-refractivity contribution in [3.05, 3.63) is 35.4 Å². The average Bonchev–Trinajstić information content (AvgIpc) is 2.76. The average molecular weight is 372 g/mol. The summed E-state index contributed by atoms with van der Waals surface area (Å²) in [5.41, 5.74) is 1.06. The Bertz CT molecular complexity index is 756. The Labute approximate surface area is 160 Å². The summed E-state index contributed by atoms with van der Waals surface area (Å²) >= 11 is 0. The van der Waals surface area contributed by atoms with Crippen LogP contribution in [0.1, 0.15) is 51.2 Å². The van der Waals surface area contributed by atoms with E-state index in [4.69, 9.17) is 4.74 Å². The van der Waals surface area contributed by atoms with E-state index in [1.54, 1.807) is 0 Å². The summed E-state index contributed by atoms with van der Waals surface area (Å²) in [6.07, 6.45) is 2.20. The van der Waals surface area contributed by atoms with E-state index in [-0.39, 0.29) is 24.5 Å². The number of imide groups is 1. The van der Waals surface area contributed by atoms with Gasteiger partial charge < -0.3 is 10.1 Å². The number of carbonyl (C=O) groups excluding carboxylic acids is 3. The number of nitrogens with zero attached hydrogens (tertiary/aromatic N) is 1. The molecule has 1 aromatic carbocycles. The number of rotatable bonds is 4. The molecule has 27 heavy (non-hydrogen) atoms. The topological polar surface area (TPSA) is 75.7 Å². The first-order valence-electron chi connectivity index (χ1n) is 9.46. The molecule has 1 N–H and O–H groups in total. The summed E-state index contributed by atoms with van der Waals surface area (Å²) in [5.74, 6) is -0.565. The Kier molecular flexibility index (Phi) is 5.02. The van der Waals surface area contributed by atoms with E-state index in [0.717, 1.165) is 22.4 Å². The molecule has 1 saturated carbocycles. The van der Waals surface area contributed by atoms with Crippen LogP contribution in [0.15, 0.2) is 24.3 Å². The summed E-state index contributed by atoms with van der Waals surface area (Å²) in [4.78, 5) is 38.6. The van der Waals surface area contributed by atoms with E-state index in [2.05, 4.69) is 26.1 Å². The predicted octanol–water partition coefficient (Wildman–Crippen LogP) is 3.18. The molecule has 2 aliphatic rings. The third kappa shape index (κ3) is 4.15. The van der Waals surface area contributed by atoms with Gasteiger partial charge in [0.1, 0.15) is 18.7 Å². The van der Waals surface area contributed by atoms with Crippen molar-refractivity contribution in [2.45, 2.75) is 59.1 Å². The molecule has 1 aliphatic heterocycles. The number of nitrogens with one attached hydrogen (secondary N) is 1. The minimum Gasteiger partial charge on any atom is -0.459 e. The standard InChI is InChI=1S/C21H28N2O4/c1-14-5-7-16(8-6-14)12-27-17(24)11-23-18(25)21(22-19(23)26)10-15(2)9-20(3,4)13-21/h5-8,15H,9-13H2,1-4H3,(H,22,26)/t15-,21-/m0/s1. The Morgan fingerprint density at radius 3 is 2.52 bits per heavy atom. The van der Waals surface area contributed by atoms with Crippen molar-refractivity contribution in [3.8, 4) is 0 Å². The zero-order valence-electron chi connectivity index (χ0n) is 16.5. The summed E-state index contributed by atoms with van der Waals surface area (Å²) in [6.45, 7) is 8.08. The summed E-state index contributed by atoms with van der Waals surface area (Å²) < 4.78 is 5.25. The van der Waals surface area contributed by atoms with E-state index < -0.39 is 17.5 Å². The molecule has 1 spiro atoms. The Balaban J connectivity index is 1.63. The second kappa shape index (κ2) is 6.98. The van der Waals surface area contributed by atoms with Crippen molar-refractivity contribution in [2.24, 2.45) is 11.3 Å². The van der Waals surface area contributed by atoms with Crippen LogP contribution in [-0.2, 0) is 20.9 Å². The monoisotopic (exact) mass is 372 g/mol. The van der Waals surface area contributed by atoms with Gasteiger partial charge in [-0.3, -0.25) is 14.5 Å². The van der Waals surface area contributed by atoms with E-state index in [1.165, 1.54) is 0 Å². The fourth-order valence-electron chi connectivity index (χ4n) is 4.67. The molecular formula is C21H28N2O4. The zero-order chi connectivity index (χ0) is 19.8. The lowest BCUT2D eigenvalue weighted by Crippen LogP contribution is -2.54. The Morgan fingerprint density at radius 1 is 1.22 bits per heavy atom. The molecule has 6 nitrogen and oxygen atoms in total. The number of urea groups is 1. The fraction of sp³-hybridized carbons (Fsp3) is 0.571. The predicted molar refractivity (Wildman–Crippen MR) is 101 cm³/mol. The first-order valence-corrected chi connectivity index (χ1v) is 9.46. The highest BCUT2D eigenvalue weighted by Crippen LogP contribution is 2.46. The third-order valence-corrected chi connectivity index (χ3v) is 5.43. The van der Waals surface area contributed by atoms with Crippen LogP contribution in [0.2, 0.25) is 0 Å². The Morgan fingerprint density at radius 2 is 1.89 bits per heavy atom. The normalized spacial score (nSPS) is 27.0. The summed E-state index contributed by atoms with van der Waals surface area (Å²) in [6, 6.07) is 7.15. The molecule has 0 unspecified atom stereocenters. The van der Waals surface area contributed by atoms with Gasteiger partial charge in [-0.2, -0.15) is 0 Å². The highest BCUT2D eigenvalue weighted by Gasteiger charge is 2.56. The van der Waals surface area contributed by atoms with Crippen molar-refractivity contribution in [2.75, 3.05) is 6.54 Å². The number of benzene rings is 1. The van der Waals surface area contributed by atoms with Crippen LogP contribution in [-0.4, -0.2) is 34.9 Å². The van der Waals surface area contributed by atoms with Crippen molar-refractivity contribution in [3.63, 3.8) is 0 Å². The van der Waals surface area contributed by atoms with Gasteiger partial charge >= 0.3 is 12.0 Å². The molecule has 1 aliphatic carbocycles. The maximum atomic E-state index is 13.0. The van der Waals surface area contributed by atoms with Crippen molar-refractivity contribution < 1.29 is 19.1 Å². The van der Waals surface area contributed by atoms with Crippen LogP contribution >= 0.6 is 0 Å². The SMILES string of the molecule is Cc1ccc(COC(=O)CN2C(=O)N[C@]3(C[C@@H](C)CC(C)(C)C3)C2=O)cc1. The van der Waals surface area contributed by atoms with Crippen LogP contribution in [0, 0.1) is 18.3 Å². The second-order valence-electron chi connectivity index (χ2n) is 8.90. The number of hydrogen-bond donors (Lipinski definition) is 1. The third-order valence-electron chi connectivity index (χ3n) is 5.43. The second-order valence-corrected chi connectivity index (χ2v) is 8.90. The van der Waals surface area contributed by atoms with Gasteiger partial charge in [0.2, 0.25) is 0 Å². The smallest absolute Gasteiger partial charge is 0.326 e. The van der Waals surface area contributed by atoms with Crippen molar-refractivity contribution in [1.82, 2.24) is 10.2 Å².